The van der Waals surface area contributed by atoms with Gasteiger partial charge in [-0.25, -0.2) is 4.79 Å². The number of carboxylic acid groups (broad SMARTS) is 1. The smallest absolute Gasteiger partial charge is 0.335 e. The van der Waals surface area contributed by atoms with Crippen LogP contribution in [0.2, 0.25) is 0 Å². The molecule has 1 N–H and O–H groups in total. The standard InChI is InChI=1S/C35H43N3O4/c1-24(2)29-7-5-6-8-30(29)31-21-36(20-25-9-14-32(41-3)33(17-25)42-4)15-16-38(31)28-18-35(19-28)22-37(23-35)27-12-10-26(11-13-27)34(39)40/h5-14,17,24,28,31H,15-16,18-23H2,1-4H3,(H,39,40). The van der Waals surface area contributed by atoms with Crippen LogP contribution >= 0.6 is 0 Å². The van der Waals surface area contributed by atoms with Gasteiger partial charge in [0.05, 0.1) is 19.8 Å². The van der Waals surface area contributed by atoms with E-state index in [9.17, 15) is 9.90 Å². The van der Waals surface area contributed by atoms with Crippen molar-refractivity contribution in [2.24, 2.45) is 5.41 Å². The summed E-state index contributed by atoms with van der Waals surface area (Å²) in [6, 6.07) is 23.6. The quantitative estimate of drug-likeness (QED) is 0.336. The summed E-state index contributed by atoms with van der Waals surface area (Å²) in [6.45, 7) is 10.7. The lowest BCUT2D eigenvalue weighted by Gasteiger charge is -2.63. The van der Waals surface area contributed by atoms with Crippen LogP contribution in [-0.4, -0.2) is 73.9 Å². The van der Waals surface area contributed by atoms with E-state index in [1.54, 1.807) is 26.4 Å². The number of ether oxygens (including phenoxy) is 2. The normalized spacial score (nSPS) is 20.8. The molecule has 2 saturated heterocycles. The summed E-state index contributed by atoms with van der Waals surface area (Å²) >= 11 is 0. The fraction of sp³-hybridized carbons (Fsp3) is 0.457. The Morgan fingerprint density at radius 1 is 0.952 bits per heavy atom. The molecule has 3 aromatic carbocycles. The third kappa shape index (κ3) is 5.48. The first-order valence-electron chi connectivity index (χ1n) is 15.2. The molecule has 7 heteroatoms. The lowest BCUT2D eigenvalue weighted by atomic mass is 9.59. The highest BCUT2D eigenvalue weighted by Gasteiger charge is 2.55. The van der Waals surface area contributed by atoms with Crippen LogP contribution < -0.4 is 14.4 Å². The first kappa shape index (κ1) is 28.6. The lowest BCUT2D eigenvalue weighted by Crippen LogP contribution is -2.68. The number of carbonyl (C=O) groups is 1. The summed E-state index contributed by atoms with van der Waals surface area (Å²) in [5.74, 6) is 1.15. The van der Waals surface area contributed by atoms with E-state index in [-0.39, 0.29) is 0 Å². The summed E-state index contributed by atoms with van der Waals surface area (Å²) in [4.78, 5) is 19.0. The molecule has 0 amide bonds. The van der Waals surface area contributed by atoms with Crippen LogP contribution in [0.25, 0.3) is 0 Å². The minimum atomic E-state index is -0.874. The molecule has 0 radical (unpaired) electrons. The van der Waals surface area contributed by atoms with Gasteiger partial charge in [0.15, 0.2) is 11.5 Å². The van der Waals surface area contributed by atoms with Crippen molar-refractivity contribution in [2.45, 2.75) is 51.2 Å². The van der Waals surface area contributed by atoms with Crippen LogP contribution in [0, 0.1) is 5.41 Å². The van der Waals surface area contributed by atoms with Gasteiger partial charge in [-0.05, 0) is 71.8 Å². The van der Waals surface area contributed by atoms with E-state index in [2.05, 4.69) is 64.9 Å². The minimum absolute atomic E-state index is 0.343. The molecule has 3 fully saturated rings. The van der Waals surface area contributed by atoms with Gasteiger partial charge >= 0.3 is 5.97 Å². The van der Waals surface area contributed by atoms with Gasteiger partial charge in [0, 0.05) is 62.5 Å². The number of hydrogen-bond donors (Lipinski definition) is 1. The maximum atomic E-state index is 11.2. The lowest BCUT2D eigenvalue weighted by molar-refractivity contribution is -0.0647. The first-order valence-corrected chi connectivity index (χ1v) is 15.2. The molecule has 0 bridgehead atoms. The molecule has 3 aromatic rings. The second kappa shape index (κ2) is 11.6. The van der Waals surface area contributed by atoms with Gasteiger partial charge in [-0.2, -0.15) is 0 Å². The van der Waals surface area contributed by atoms with Crippen molar-refractivity contribution in [3.05, 3.63) is 89.0 Å². The molecule has 6 rings (SSSR count). The summed E-state index contributed by atoms with van der Waals surface area (Å²) in [5, 5.41) is 9.22. The van der Waals surface area contributed by atoms with Gasteiger partial charge in [-0.3, -0.25) is 9.80 Å². The van der Waals surface area contributed by atoms with Gasteiger partial charge in [0.25, 0.3) is 0 Å². The van der Waals surface area contributed by atoms with Crippen molar-refractivity contribution in [3.63, 3.8) is 0 Å². The second-order valence-corrected chi connectivity index (χ2v) is 12.7. The third-order valence-electron chi connectivity index (χ3n) is 9.68. The Hall–Kier alpha value is -3.55. The molecule has 1 saturated carbocycles. The summed E-state index contributed by atoms with van der Waals surface area (Å²) < 4.78 is 11.0. The molecule has 1 spiro atoms. The number of nitrogens with zero attached hydrogens (tertiary/aromatic N) is 3. The van der Waals surface area contributed by atoms with E-state index in [0.717, 1.165) is 56.5 Å². The topological polar surface area (TPSA) is 65.5 Å². The second-order valence-electron chi connectivity index (χ2n) is 12.7. The van der Waals surface area contributed by atoms with E-state index >= 15 is 0 Å². The van der Waals surface area contributed by atoms with Crippen LogP contribution in [0.4, 0.5) is 5.69 Å². The number of rotatable bonds is 9. The van der Waals surface area contributed by atoms with Crippen LogP contribution in [0.3, 0.4) is 0 Å². The van der Waals surface area contributed by atoms with Crippen molar-refractivity contribution >= 4 is 11.7 Å². The van der Waals surface area contributed by atoms with Crippen molar-refractivity contribution in [1.82, 2.24) is 9.80 Å². The molecule has 222 valence electrons. The van der Waals surface area contributed by atoms with Gasteiger partial charge in [0.2, 0.25) is 0 Å². The SMILES string of the molecule is COc1ccc(CN2CCN(C3CC4(C3)CN(c3ccc(C(=O)O)cc3)C4)C(c3ccccc3C(C)C)C2)cc1OC. The first-order chi connectivity index (χ1) is 20.3. The highest BCUT2D eigenvalue weighted by Crippen LogP contribution is 2.53. The predicted octanol–water partition coefficient (Wildman–Crippen LogP) is 6.05. The molecule has 7 nitrogen and oxygen atoms in total. The predicted molar refractivity (Wildman–Crippen MR) is 166 cm³/mol. The fourth-order valence-electron chi connectivity index (χ4n) is 7.48. The molecule has 2 aliphatic heterocycles. The molecular formula is C35H43N3O4. The zero-order chi connectivity index (χ0) is 29.4. The van der Waals surface area contributed by atoms with Crippen molar-refractivity contribution in [3.8, 4) is 11.5 Å². The largest absolute Gasteiger partial charge is 0.493 e. The third-order valence-corrected chi connectivity index (χ3v) is 9.68. The molecule has 3 aliphatic rings. The highest BCUT2D eigenvalue weighted by molar-refractivity contribution is 5.88. The molecule has 1 unspecified atom stereocenters. The monoisotopic (exact) mass is 569 g/mol. The summed E-state index contributed by atoms with van der Waals surface area (Å²) in [6.07, 6.45) is 2.46. The molecule has 42 heavy (non-hydrogen) atoms. The Labute approximate surface area is 249 Å². The van der Waals surface area contributed by atoms with E-state index in [4.69, 9.17) is 9.47 Å². The number of methoxy groups -OCH3 is 2. The molecule has 1 aliphatic carbocycles. The average Bonchev–Trinajstić information content (AvgIpc) is 2.96. The van der Waals surface area contributed by atoms with Crippen LogP contribution in [0.5, 0.6) is 11.5 Å². The van der Waals surface area contributed by atoms with Crippen LogP contribution in [-0.2, 0) is 6.54 Å². The van der Waals surface area contributed by atoms with E-state index in [1.165, 1.54) is 29.5 Å². The van der Waals surface area contributed by atoms with E-state index < -0.39 is 5.97 Å². The van der Waals surface area contributed by atoms with Crippen LogP contribution in [0.15, 0.2) is 66.7 Å². The number of carboxylic acids is 1. The Morgan fingerprint density at radius 2 is 1.67 bits per heavy atom. The number of hydrogen-bond acceptors (Lipinski definition) is 6. The molecule has 2 heterocycles. The Bertz CT molecular complexity index is 1410. The van der Waals surface area contributed by atoms with Crippen molar-refractivity contribution < 1.29 is 19.4 Å². The van der Waals surface area contributed by atoms with E-state index in [1.807, 2.05) is 18.2 Å². The fourth-order valence-corrected chi connectivity index (χ4v) is 7.48. The van der Waals surface area contributed by atoms with Crippen molar-refractivity contribution in [2.75, 3.05) is 51.8 Å². The molecule has 1 atom stereocenters. The van der Waals surface area contributed by atoms with Gasteiger partial charge in [-0.1, -0.05) is 44.2 Å². The summed E-state index contributed by atoms with van der Waals surface area (Å²) in [7, 11) is 3.37. The van der Waals surface area contributed by atoms with Crippen LogP contribution in [0.1, 0.15) is 65.7 Å². The van der Waals surface area contributed by atoms with Gasteiger partial charge in [-0.15, -0.1) is 0 Å². The summed E-state index contributed by atoms with van der Waals surface area (Å²) in [5.41, 5.74) is 6.02. The number of anilines is 1. The average molecular weight is 570 g/mol. The zero-order valence-electron chi connectivity index (χ0n) is 25.3. The Kier molecular flexibility index (Phi) is 7.90. The molecule has 0 aromatic heterocycles. The number of aromatic carboxylic acids is 1. The minimum Gasteiger partial charge on any atom is -0.493 e. The maximum Gasteiger partial charge on any atom is 0.335 e. The Balaban J connectivity index is 1.16. The zero-order valence-corrected chi connectivity index (χ0v) is 25.3. The highest BCUT2D eigenvalue weighted by atomic mass is 16.5. The maximum absolute atomic E-state index is 11.2. The van der Waals surface area contributed by atoms with Crippen molar-refractivity contribution in [1.29, 1.82) is 0 Å². The van der Waals surface area contributed by atoms with E-state index in [0.29, 0.717) is 29.0 Å². The van der Waals surface area contributed by atoms with Gasteiger partial charge < -0.3 is 19.5 Å². The Morgan fingerprint density at radius 3 is 2.33 bits per heavy atom. The number of piperazine rings is 1. The van der Waals surface area contributed by atoms with Gasteiger partial charge in [0.1, 0.15) is 0 Å². The molecular weight excluding hydrogens is 526 g/mol. The number of benzene rings is 3.